The molecule has 0 aliphatic carbocycles. The molecule has 0 saturated carbocycles. The number of ketones is 1. The van der Waals surface area contributed by atoms with Gasteiger partial charge in [-0.05, 0) is 43.3 Å². The van der Waals surface area contributed by atoms with Crippen LogP contribution in [-0.4, -0.2) is 47.6 Å². The van der Waals surface area contributed by atoms with Gasteiger partial charge >= 0.3 is 5.97 Å². The molecule has 0 aliphatic heterocycles. The first-order valence-corrected chi connectivity index (χ1v) is 8.93. The highest BCUT2D eigenvalue weighted by atomic mass is 35.5. The third kappa shape index (κ3) is 4.55. The second kappa shape index (κ2) is 8.74. The molecule has 2 aromatic carbocycles. The number of ether oxygens (including phenoxy) is 3. The van der Waals surface area contributed by atoms with E-state index >= 15 is 0 Å². The zero-order valence-corrected chi connectivity index (χ0v) is 16.8. The third-order valence-electron chi connectivity index (χ3n) is 4.06. The van der Waals surface area contributed by atoms with Crippen molar-refractivity contribution in [3.63, 3.8) is 0 Å². The standard InChI is InChI=1S/C20H18ClN3O5/c1-12-19(23-24(22-12)14-6-4-5-13(21)9-14)20(26)29-11-17(25)16-10-15(27-2)7-8-18(16)28-3/h4-10H,11H2,1-3H3. The minimum Gasteiger partial charge on any atom is -0.497 e. The van der Waals surface area contributed by atoms with Crippen molar-refractivity contribution in [3.8, 4) is 17.2 Å². The summed E-state index contributed by atoms with van der Waals surface area (Å²) < 4.78 is 15.5. The van der Waals surface area contributed by atoms with Crippen molar-refractivity contribution < 1.29 is 23.8 Å². The minimum absolute atomic E-state index is 0.00961. The van der Waals surface area contributed by atoms with Crippen LogP contribution in [-0.2, 0) is 4.74 Å². The van der Waals surface area contributed by atoms with E-state index in [1.165, 1.54) is 25.1 Å². The topological polar surface area (TPSA) is 92.5 Å². The van der Waals surface area contributed by atoms with Crippen LogP contribution in [0.15, 0.2) is 42.5 Å². The Hall–Kier alpha value is -3.39. The number of benzene rings is 2. The summed E-state index contributed by atoms with van der Waals surface area (Å²) >= 11 is 5.98. The number of carbonyl (C=O) groups is 2. The number of methoxy groups -OCH3 is 2. The molecule has 0 saturated heterocycles. The Kier molecular flexibility index (Phi) is 6.13. The van der Waals surface area contributed by atoms with Crippen molar-refractivity contribution in [2.45, 2.75) is 6.92 Å². The van der Waals surface area contributed by atoms with Crippen LogP contribution in [0.3, 0.4) is 0 Å². The van der Waals surface area contributed by atoms with Crippen molar-refractivity contribution in [2.24, 2.45) is 0 Å². The first-order valence-electron chi connectivity index (χ1n) is 8.55. The van der Waals surface area contributed by atoms with Gasteiger partial charge in [0, 0.05) is 5.02 Å². The van der Waals surface area contributed by atoms with Gasteiger partial charge in [0.15, 0.2) is 12.3 Å². The van der Waals surface area contributed by atoms with Crippen molar-refractivity contribution in [1.82, 2.24) is 15.0 Å². The molecule has 0 atom stereocenters. The number of halogens is 1. The van der Waals surface area contributed by atoms with Gasteiger partial charge in [0.25, 0.3) is 0 Å². The average molecular weight is 416 g/mol. The van der Waals surface area contributed by atoms with Crippen molar-refractivity contribution in [1.29, 1.82) is 0 Å². The number of hydrogen-bond donors (Lipinski definition) is 0. The Morgan fingerprint density at radius 2 is 1.86 bits per heavy atom. The Bertz CT molecular complexity index is 1060. The smallest absolute Gasteiger partial charge is 0.361 e. The fourth-order valence-electron chi connectivity index (χ4n) is 2.59. The van der Waals surface area contributed by atoms with Gasteiger partial charge in [-0.2, -0.15) is 9.90 Å². The van der Waals surface area contributed by atoms with E-state index in [2.05, 4.69) is 10.2 Å². The molecule has 9 heteroatoms. The van der Waals surface area contributed by atoms with E-state index < -0.39 is 18.4 Å². The lowest BCUT2D eigenvalue weighted by molar-refractivity contribution is 0.0467. The largest absolute Gasteiger partial charge is 0.497 e. The minimum atomic E-state index is -0.758. The predicted octanol–water partition coefficient (Wildman–Crippen LogP) is 3.29. The van der Waals surface area contributed by atoms with Crippen molar-refractivity contribution in [2.75, 3.05) is 20.8 Å². The maximum Gasteiger partial charge on any atom is 0.361 e. The quantitative estimate of drug-likeness (QED) is 0.431. The lowest BCUT2D eigenvalue weighted by atomic mass is 10.1. The lowest BCUT2D eigenvalue weighted by Gasteiger charge is -2.09. The monoisotopic (exact) mass is 415 g/mol. The van der Waals surface area contributed by atoms with Gasteiger partial charge in [0.2, 0.25) is 5.78 Å². The predicted molar refractivity (Wildman–Crippen MR) is 105 cm³/mol. The number of aryl methyl sites for hydroxylation is 1. The zero-order valence-electron chi connectivity index (χ0n) is 16.0. The van der Waals surface area contributed by atoms with Gasteiger partial charge < -0.3 is 14.2 Å². The van der Waals surface area contributed by atoms with E-state index in [-0.39, 0.29) is 11.3 Å². The van der Waals surface area contributed by atoms with E-state index in [0.29, 0.717) is 27.9 Å². The molecule has 0 aliphatic rings. The van der Waals surface area contributed by atoms with Gasteiger partial charge in [-0.3, -0.25) is 4.79 Å². The molecule has 3 aromatic rings. The highest BCUT2D eigenvalue weighted by molar-refractivity contribution is 6.30. The summed E-state index contributed by atoms with van der Waals surface area (Å²) in [5.74, 6) is -0.351. The maximum absolute atomic E-state index is 12.5. The van der Waals surface area contributed by atoms with Gasteiger partial charge in [-0.25, -0.2) is 4.79 Å². The number of nitrogens with zero attached hydrogens (tertiary/aromatic N) is 3. The third-order valence-corrected chi connectivity index (χ3v) is 4.29. The summed E-state index contributed by atoms with van der Waals surface area (Å²) in [6.07, 6.45) is 0. The van der Waals surface area contributed by atoms with Gasteiger partial charge in [-0.15, -0.1) is 5.10 Å². The molecule has 0 unspecified atom stereocenters. The van der Waals surface area contributed by atoms with Gasteiger partial charge in [0.1, 0.15) is 11.5 Å². The van der Waals surface area contributed by atoms with Crippen LogP contribution in [0.1, 0.15) is 26.5 Å². The van der Waals surface area contributed by atoms with E-state index in [1.54, 1.807) is 43.3 Å². The molecule has 0 radical (unpaired) electrons. The molecule has 8 nitrogen and oxygen atoms in total. The molecule has 150 valence electrons. The van der Waals surface area contributed by atoms with Crippen molar-refractivity contribution in [3.05, 3.63) is 64.4 Å². The van der Waals surface area contributed by atoms with Crippen LogP contribution >= 0.6 is 11.6 Å². The van der Waals surface area contributed by atoms with Crippen LogP contribution in [0.5, 0.6) is 11.5 Å². The molecule has 0 fully saturated rings. The number of carbonyl (C=O) groups excluding carboxylic acids is 2. The highest BCUT2D eigenvalue weighted by Crippen LogP contribution is 2.24. The summed E-state index contributed by atoms with van der Waals surface area (Å²) in [5.41, 5.74) is 1.22. The molecule has 0 bridgehead atoms. The Morgan fingerprint density at radius 1 is 1.07 bits per heavy atom. The van der Waals surface area contributed by atoms with Crippen LogP contribution in [0.25, 0.3) is 5.69 Å². The van der Waals surface area contributed by atoms with Crippen molar-refractivity contribution >= 4 is 23.4 Å². The molecular weight excluding hydrogens is 398 g/mol. The van der Waals surface area contributed by atoms with Crippen LogP contribution < -0.4 is 9.47 Å². The molecule has 3 rings (SSSR count). The molecule has 0 spiro atoms. The van der Waals surface area contributed by atoms with Crippen LogP contribution in [0, 0.1) is 6.92 Å². The molecule has 1 aromatic heterocycles. The second-order valence-corrected chi connectivity index (χ2v) is 6.41. The number of Topliss-reactive ketones (excluding diaryl/α,β-unsaturated/α-hetero) is 1. The van der Waals surface area contributed by atoms with E-state index in [1.807, 2.05) is 0 Å². The normalized spacial score (nSPS) is 10.5. The molecular formula is C20H18ClN3O5. The van der Waals surface area contributed by atoms with Crippen LogP contribution in [0.2, 0.25) is 5.02 Å². The summed E-state index contributed by atoms with van der Waals surface area (Å²) in [6.45, 7) is 1.14. The number of rotatable bonds is 7. The maximum atomic E-state index is 12.5. The molecule has 1 heterocycles. The van der Waals surface area contributed by atoms with Crippen LogP contribution in [0.4, 0.5) is 0 Å². The summed E-state index contributed by atoms with van der Waals surface area (Å²) in [6, 6.07) is 11.7. The highest BCUT2D eigenvalue weighted by Gasteiger charge is 2.21. The summed E-state index contributed by atoms with van der Waals surface area (Å²) in [4.78, 5) is 26.2. The SMILES string of the molecule is COc1ccc(OC)c(C(=O)COC(=O)c2nn(-c3cccc(Cl)c3)nc2C)c1. The first-order chi connectivity index (χ1) is 13.9. The zero-order chi connectivity index (χ0) is 21.0. The number of aromatic nitrogens is 3. The number of esters is 1. The van der Waals surface area contributed by atoms with Gasteiger partial charge in [-0.1, -0.05) is 17.7 Å². The molecule has 29 heavy (non-hydrogen) atoms. The number of hydrogen-bond acceptors (Lipinski definition) is 7. The average Bonchev–Trinajstić information content (AvgIpc) is 3.13. The Morgan fingerprint density at radius 3 is 2.55 bits per heavy atom. The fourth-order valence-corrected chi connectivity index (χ4v) is 2.78. The van der Waals surface area contributed by atoms with E-state index in [9.17, 15) is 9.59 Å². The second-order valence-electron chi connectivity index (χ2n) is 5.97. The van der Waals surface area contributed by atoms with E-state index in [0.717, 1.165) is 0 Å². The first kappa shape index (κ1) is 20.3. The van der Waals surface area contributed by atoms with E-state index in [4.69, 9.17) is 25.8 Å². The summed E-state index contributed by atoms with van der Waals surface area (Å²) in [5, 5.41) is 8.87. The fraction of sp³-hybridized carbons (Fsp3) is 0.200. The summed E-state index contributed by atoms with van der Waals surface area (Å²) in [7, 11) is 2.93. The Labute approximate surface area is 171 Å². The van der Waals surface area contributed by atoms with Gasteiger partial charge in [0.05, 0.1) is 31.2 Å². The Balaban J connectivity index is 1.74. The molecule has 0 N–H and O–H groups in total. The molecule has 0 amide bonds. The lowest BCUT2D eigenvalue weighted by Crippen LogP contribution is -2.16.